The van der Waals surface area contributed by atoms with E-state index in [2.05, 4.69) is 27.7 Å². The van der Waals surface area contributed by atoms with Crippen LogP contribution in [-0.2, 0) is 9.53 Å². The second-order valence-electron chi connectivity index (χ2n) is 5.43. The third kappa shape index (κ3) is 9.98. The fraction of sp³-hybridized carbons (Fsp3) is 0.941. The number of ether oxygens (including phenoxy) is 1. The van der Waals surface area contributed by atoms with Crippen molar-refractivity contribution in [3.63, 3.8) is 0 Å². The van der Waals surface area contributed by atoms with Crippen molar-refractivity contribution in [2.24, 2.45) is 5.41 Å². The van der Waals surface area contributed by atoms with Crippen LogP contribution in [0.1, 0.15) is 93.4 Å². The Morgan fingerprint density at radius 2 is 1.74 bits per heavy atom. The van der Waals surface area contributed by atoms with Crippen molar-refractivity contribution in [1.82, 2.24) is 0 Å². The van der Waals surface area contributed by atoms with Crippen LogP contribution >= 0.6 is 0 Å². The lowest BCUT2D eigenvalue weighted by Crippen LogP contribution is -2.31. The van der Waals surface area contributed by atoms with Crippen molar-refractivity contribution in [1.29, 1.82) is 0 Å². The summed E-state index contributed by atoms with van der Waals surface area (Å²) in [5.74, 6) is -0.0460. The predicted octanol–water partition coefficient (Wildman–Crippen LogP) is 5.74. The normalized spacial score (nSPS) is 25.3. The van der Waals surface area contributed by atoms with Crippen molar-refractivity contribution in [3.8, 4) is 0 Å². The first-order chi connectivity index (χ1) is 9.01. The monoisotopic (exact) mass is 272 g/mol. The van der Waals surface area contributed by atoms with E-state index in [4.69, 9.17) is 4.74 Å². The van der Waals surface area contributed by atoms with Crippen LogP contribution in [-0.4, -0.2) is 12.1 Å². The smallest absolute Gasteiger partial charge is 0.305 e. The van der Waals surface area contributed by atoms with Gasteiger partial charge in [-0.3, -0.25) is 4.79 Å². The maximum Gasteiger partial charge on any atom is 0.305 e. The molecule has 2 unspecified atom stereocenters. The quantitative estimate of drug-likeness (QED) is 0.612. The van der Waals surface area contributed by atoms with E-state index in [1.807, 2.05) is 20.8 Å². The topological polar surface area (TPSA) is 26.3 Å². The molecule has 0 aromatic carbocycles. The Labute approximate surface area is 121 Å². The summed E-state index contributed by atoms with van der Waals surface area (Å²) in [5, 5.41) is 0. The minimum absolute atomic E-state index is 0.0460. The Bertz CT molecular complexity index is 213. The number of hydrogen-bond donors (Lipinski definition) is 0. The summed E-state index contributed by atoms with van der Waals surface area (Å²) < 4.78 is 5.40. The Hall–Kier alpha value is -0.530. The number of hydrogen-bond acceptors (Lipinski definition) is 2. The number of esters is 1. The molecule has 0 saturated heterocycles. The lowest BCUT2D eigenvalue weighted by Gasteiger charge is -2.37. The molecule has 0 aromatic heterocycles. The highest BCUT2D eigenvalue weighted by atomic mass is 16.5. The van der Waals surface area contributed by atoms with Crippen LogP contribution in [0, 0.1) is 5.41 Å². The van der Waals surface area contributed by atoms with Gasteiger partial charge in [-0.25, -0.2) is 0 Å². The Balaban J connectivity index is 0. The lowest BCUT2D eigenvalue weighted by molar-refractivity contribution is -0.152. The zero-order valence-corrected chi connectivity index (χ0v) is 14.3. The molecule has 0 radical (unpaired) electrons. The average molecular weight is 272 g/mol. The van der Waals surface area contributed by atoms with Gasteiger partial charge in [-0.1, -0.05) is 61.3 Å². The first-order valence-corrected chi connectivity index (χ1v) is 8.20. The van der Waals surface area contributed by atoms with Gasteiger partial charge in [0.2, 0.25) is 0 Å². The van der Waals surface area contributed by atoms with E-state index < -0.39 is 0 Å². The molecule has 1 rings (SSSR count). The average Bonchev–Trinajstić information content (AvgIpc) is 2.42. The standard InChI is InChI=1S/C12H22O2.C3H8.C2H6/c1-4-11(13)14-10-7-6-8-12(3,5-2)9-10;1-3-2;1-2/h10H,4-9H2,1-3H3;3H2,1-2H3;1-2H3. The van der Waals surface area contributed by atoms with Gasteiger partial charge in [0, 0.05) is 6.42 Å². The van der Waals surface area contributed by atoms with Gasteiger partial charge in [0.15, 0.2) is 0 Å². The lowest BCUT2D eigenvalue weighted by atomic mass is 9.73. The van der Waals surface area contributed by atoms with Crippen molar-refractivity contribution in [2.75, 3.05) is 0 Å². The van der Waals surface area contributed by atoms with E-state index in [-0.39, 0.29) is 12.1 Å². The van der Waals surface area contributed by atoms with Crippen molar-refractivity contribution in [3.05, 3.63) is 0 Å². The van der Waals surface area contributed by atoms with Crippen LogP contribution < -0.4 is 0 Å². The predicted molar refractivity (Wildman–Crippen MR) is 84.4 cm³/mol. The first-order valence-electron chi connectivity index (χ1n) is 8.20. The Kier molecular flexibility index (Phi) is 13.7. The van der Waals surface area contributed by atoms with E-state index in [9.17, 15) is 4.79 Å². The van der Waals surface area contributed by atoms with Gasteiger partial charge in [-0.15, -0.1) is 0 Å². The fourth-order valence-corrected chi connectivity index (χ4v) is 2.20. The van der Waals surface area contributed by atoms with Gasteiger partial charge in [0.1, 0.15) is 6.10 Å². The highest BCUT2D eigenvalue weighted by Gasteiger charge is 2.32. The van der Waals surface area contributed by atoms with Crippen LogP contribution in [0.3, 0.4) is 0 Å². The minimum Gasteiger partial charge on any atom is -0.462 e. The van der Waals surface area contributed by atoms with E-state index in [0.717, 1.165) is 12.8 Å². The van der Waals surface area contributed by atoms with E-state index in [0.29, 0.717) is 11.8 Å². The number of carbonyl (C=O) groups is 1. The fourth-order valence-electron chi connectivity index (χ4n) is 2.20. The molecule has 0 amide bonds. The van der Waals surface area contributed by atoms with Gasteiger partial charge in [-0.05, 0) is 31.1 Å². The SMILES string of the molecule is CC.CCC.CCC(=O)OC1CCCC(C)(CC)C1. The molecule has 0 heterocycles. The van der Waals surface area contributed by atoms with Gasteiger partial charge in [0.05, 0.1) is 0 Å². The second kappa shape index (κ2) is 12.5. The molecule has 0 N–H and O–H groups in total. The van der Waals surface area contributed by atoms with Crippen LogP contribution in [0.25, 0.3) is 0 Å². The summed E-state index contributed by atoms with van der Waals surface area (Å²) in [4.78, 5) is 11.2. The maximum absolute atomic E-state index is 11.2. The van der Waals surface area contributed by atoms with Gasteiger partial charge in [-0.2, -0.15) is 0 Å². The van der Waals surface area contributed by atoms with E-state index in [1.54, 1.807) is 0 Å². The number of carbonyl (C=O) groups excluding carboxylic acids is 1. The molecule has 0 spiro atoms. The molecule has 116 valence electrons. The second-order valence-corrected chi connectivity index (χ2v) is 5.43. The molecule has 1 aliphatic rings. The van der Waals surface area contributed by atoms with Crippen LogP contribution in [0.2, 0.25) is 0 Å². The molecule has 1 aliphatic carbocycles. The Morgan fingerprint density at radius 3 is 2.16 bits per heavy atom. The summed E-state index contributed by atoms with van der Waals surface area (Å²) in [6, 6.07) is 0. The largest absolute Gasteiger partial charge is 0.462 e. The highest BCUT2D eigenvalue weighted by Crippen LogP contribution is 2.39. The molecular formula is C17H36O2. The van der Waals surface area contributed by atoms with Crippen molar-refractivity contribution >= 4 is 5.97 Å². The van der Waals surface area contributed by atoms with Crippen LogP contribution in [0.4, 0.5) is 0 Å². The zero-order chi connectivity index (χ0) is 15.3. The van der Waals surface area contributed by atoms with Gasteiger partial charge < -0.3 is 4.74 Å². The van der Waals surface area contributed by atoms with Gasteiger partial charge >= 0.3 is 5.97 Å². The molecule has 2 nitrogen and oxygen atoms in total. The molecular weight excluding hydrogens is 236 g/mol. The molecule has 0 aromatic rings. The zero-order valence-electron chi connectivity index (χ0n) is 14.3. The van der Waals surface area contributed by atoms with Crippen LogP contribution in [0.15, 0.2) is 0 Å². The summed E-state index contributed by atoms with van der Waals surface area (Å²) in [6.45, 7) is 14.6. The molecule has 2 heteroatoms. The summed E-state index contributed by atoms with van der Waals surface area (Å²) in [6.07, 6.45) is 7.71. The van der Waals surface area contributed by atoms with Crippen LogP contribution in [0.5, 0.6) is 0 Å². The summed E-state index contributed by atoms with van der Waals surface area (Å²) >= 11 is 0. The minimum atomic E-state index is -0.0460. The molecule has 19 heavy (non-hydrogen) atoms. The number of rotatable bonds is 3. The molecule has 1 fully saturated rings. The highest BCUT2D eigenvalue weighted by molar-refractivity contribution is 5.69. The molecule has 0 bridgehead atoms. The summed E-state index contributed by atoms with van der Waals surface area (Å²) in [5.41, 5.74) is 0.400. The van der Waals surface area contributed by atoms with E-state index >= 15 is 0 Å². The maximum atomic E-state index is 11.2. The van der Waals surface area contributed by atoms with Gasteiger partial charge in [0.25, 0.3) is 0 Å². The molecule has 1 saturated carbocycles. The van der Waals surface area contributed by atoms with Crippen molar-refractivity contribution < 1.29 is 9.53 Å². The summed E-state index contributed by atoms with van der Waals surface area (Å²) in [7, 11) is 0. The first kappa shape index (κ1) is 20.8. The molecule has 0 aliphatic heterocycles. The molecule has 2 atom stereocenters. The third-order valence-electron chi connectivity index (χ3n) is 3.47. The third-order valence-corrected chi connectivity index (χ3v) is 3.47. The Morgan fingerprint density at radius 1 is 1.21 bits per heavy atom. The van der Waals surface area contributed by atoms with Crippen molar-refractivity contribution in [2.45, 2.75) is 99.5 Å². The van der Waals surface area contributed by atoms with E-state index in [1.165, 1.54) is 25.7 Å².